The van der Waals surface area contributed by atoms with E-state index in [1.165, 1.54) is 0 Å². The summed E-state index contributed by atoms with van der Waals surface area (Å²) in [6, 6.07) is 5.77. The zero-order chi connectivity index (χ0) is 19.1. The maximum atomic E-state index is 12.5. The number of carbonyl (C=O) groups excluding carboxylic acids is 2. The van der Waals surface area contributed by atoms with Gasteiger partial charge in [-0.2, -0.15) is 0 Å². The summed E-state index contributed by atoms with van der Waals surface area (Å²) < 4.78 is 10.9. The topological polar surface area (TPSA) is 62.3 Å². The van der Waals surface area contributed by atoms with Crippen LogP contribution in [0.2, 0.25) is 0 Å². The molecular formula is C19H29N3O4. The number of benzene rings is 1. The average molecular weight is 363 g/mol. The number of urea groups is 1. The first kappa shape index (κ1) is 19.9. The van der Waals surface area contributed by atoms with Crippen LogP contribution in [-0.4, -0.2) is 80.6 Å². The van der Waals surface area contributed by atoms with Gasteiger partial charge in [0.1, 0.15) is 0 Å². The Morgan fingerprint density at radius 3 is 2.31 bits per heavy atom. The smallest absolute Gasteiger partial charge is 0.319 e. The van der Waals surface area contributed by atoms with Gasteiger partial charge in [-0.05, 0) is 31.0 Å². The summed E-state index contributed by atoms with van der Waals surface area (Å²) >= 11 is 0. The number of aryl methyl sites for hydroxylation is 1. The number of hydrogen-bond donors (Lipinski definition) is 0. The van der Waals surface area contributed by atoms with Crippen molar-refractivity contribution in [1.29, 1.82) is 0 Å². The van der Waals surface area contributed by atoms with Crippen molar-refractivity contribution in [2.75, 3.05) is 54.0 Å². The number of amides is 3. The van der Waals surface area contributed by atoms with Gasteiger partial charge < -0.3 is 24.2 Å². The van der Waals surface area contributed by atoms with E-state index >= 15 is 0 Å². The van der Waals surface area contributed by atoms with E-state index in [4.69, 9.17) is 9.47 Å². The molecule has 7 heteroatoms. The van der Waals surface area contributed by atoms with Crippen molar-refractivity contribution in [2.45, 2.75) is 19.8 Å². The normalized spacial score (nSPS) is 14.2. The molecule has 0 N–H and O–H groups in total. The molecule has 2 rings (SSSR count). The Hall–Kier alpha value is -2.44. The molecule has 0 spiro atoms. The molecule has 0 radical (unpaired) electrons. The van der Waals surface area contributed by atoms with Crippen molar-refractivity contribution >= 4 is 11.9 Å². The van der Waals surface area contributed by atoms with Crippen molar-refractivity contribution in [3.8, 4) is 11.5 Å². The molecule has 0 atom stereocenters. The lowest BCUT2D eigenvalue weighted by molar-refractivity contribution is -0.132. The minimum absolute atomic E-state index is 0.00131. The summed E-state index contributed by atoms with van der Waals surface area (Å²) in [6.07, 6.45) is 1.09. The summed E-state index contributed by atoms with van der Waals surface area (Å²) in [7, 11) is 5.09. The van der Waals surface area contributed by atoms with Crippen molar-refractivity contribution in [2.24, 2.45) is 0 Å². The van der Waals surface area contributed by atoms with Crippen molar-refractivity contribution in [3.05, 3.63) is 23.8 Å². The van der Waals surface area contributed by atoms with Crippen LogP contribution in [0.1, 0.15) is 18.9 Å². The minimum atomic E-state index is -0.00131. The molecule has 1 aliphatic heterocycles. The van der Waals surface area contributed by atoms with Crippen LogP contribution in [0.4, 0.5) is 4.79 Å². The van der Waals surface area contributed by atoms with Crippen LogP contribution in [0, 0.1) is 0 Å². The molecule has 1 saturated heterocycles. The maximum absolute atomic E-state index is 12.5. The number of rotatable bonds is 6. The van der Waals surface area contributed by atoms with E-state index < -0.39 is 0 Å². The minimum Gasteiger partial charge on any atom is -0.493 e. The Morgan fingerprint density at radius 1 is 1.08 bits per heavy atom. The summed E-state index contributed by atoms with van der Waals surface area (Å²) in [5, 5.41) is 0. The second-order valence-corrected chi connectivity index (χ2v) is 6.46. The van der Waals surface area contributed by atoms with Gasteiger partial charge in [-0.25, -0.2) is 4.79 Å². The number of piperazine rings is 1. The van der Waals surface area contributed by atoms with E-state index in [1.807, 2.05) is 30.0 Å². The largest absolute Gasteiger partial charge is 0.493 e. The molecule has 1 aromatic carbocycles. The molecule has 144 valence electrons. The molecule has 0 aromatic heterocycles. The molecule has 7 nitrogen and oxygen atoms in total. The third-order valence-corrected chi connectivity index (χ3v) is 4.44. The van der Waals surface area contributed by atoms with E-state index in [1.54, 1.807) is 31.0 Å². The van der Waals surface area contributed by atoms with Crippen LogP contribution >= 0.6 is 0 Å². The van der Waals surface area contributed by atoms with E-state index in [9.17, 15) is 9.59 Å². The maximum Gasteiger partial charge on any atom is 0.319 e. The average Bonchev–Trinajstić information content (AvgIpc) is 2.66. The summed E-state index contributed by atoms with van der Waals surface area (Å²) in [5.74, 6) is 1.52. The summed E-state index contributed by atoms with van der Waals surface area (Å²) in [6.45, 7) is 4.85. The molecule has 1 aromatic rings. The van der Waals surface area contributed by atoms with Gasteiger partial charge >= 0.3 is 6.03 Å². The predicted molar refractivity (Wildman–Crippen MR) is 99.7 cm³/mol. The Balaban J connectivity index is 1.85. The number of methoxy groups -OCH3 is 1. The third-order valence-electron chi connectivity index (χ3n) is 4.44. The highest BCUT2D eigenvalue weighted by molar-refractivity contribution is 5.77. The predicted octanol–water partition coefficient (Wildman–Crippen LogP) is 1.85. The van der Waals surface area contributed by atoms with Gasteiger partial charge in [-0.3, -0.25) is 4.79 Å². The fourth-order valence-corrected chi connectivity index (χ4v) is 2.98. The first-order chi connectivity index (χ1) is 12.5. The van der Waals surface area contributed by atoms with Crippen LogP contribution in [0.15, 0.2) is 18.2 Å². The van der Waals surface area contributed by atoms with Gasteiger partial charge in [-0.1, -0.05) is 6.07 Å². The second-order valence-electron chi connectivity index (χ2n) is 6.46. The molecule has 3 amide bonds. The molecule has 0 aliphatic carbocycles. The quantitative estimate of drug-likeness (QED) is 0.774. The van der Waals surface area contributed by atoms with Gasteiger partial charge in [0.15, 0.2) is 11.5 Å². The fraction of sp³-hybridized carbons (Fsp3) is 0.579. The first-order valence-corrected chi connectivity index (χ1v) is 9.00. The van der Waals surface area contributed by atoms with Crippen LogP contribution < -0.4 is 9.47 Å². The first-order valence-electron chi connectivity index (χ1n) is 9.00. The van der Waals surface area contributed by atoms with Crippen LogP contribution in [0.5, 0.6) is 11.5 Å². The highest BCUT2D eigenvalue weighted by atomic mass is 16.5. The van der Waals surface area contributed by atoms with Crippen molar-refractivity contribution in [3.63, 3.8) is 0 Å². The summed E-state index contributed by atoms with van der Waals surface area (Å²) in [4.78, 5) is 29.6. The van der Waals surface area contributed by atoms with E-state index in [-0.39, 0.29) is 11.9 Å². The Morgan fingerprint density at radius 2 is 1.73 bits per heavy atom. The SMILES string of the molecule is CCOc1ccc(CCC(=O)N2CCN(C(=O)N(C)C)CC2)cc1OC. The highest BCUT2D eigenvalue weighted by Crippen LogP contribution is 2.28. The molecule has 0 unspecified atom stereocenters. The van der Waals surface area contributed by atoms with Crippen LogP contribution in [0.3, 0.4) is 0 Å². The zero-order valence-corrected chi connectivity index (χ0v) is 16.2. The van der Waals surface area contributed by atoms with E-state index in [2.05, 4.69) is 0 Å². The monoisotopic (exact) mass is 363 g/mol. The molecular weight excluding hydrogens is 334 g/mol. The summed E-state index contributed by atoms with van der Waals surface area (Å²) in [5.41, 5.74) is 1.04. The molecule has 26 heavy (non-hydrogen) atoms. The van der Waals surface area contributed by atoms with E-state index in [0.717, 1.165) is 5.56 Å². The molecule has 0 saturated carbocycles. The number of nitrogens with zero attached hydrogens (tertiary/aromatic N) is 3. The number of ether oxygens (including phenoxy) is 2. The molecule has 1 heterocycles. The molecule has 1 fully saturated rings. The standard InChI is InChI=1S/C19H29N3O4/c1-5-26-16-8-6-15(14-17(16)25-4)7-9-18(23)21-10-12-22(13-11-21)19(24)20(2)3/h6,8,14H,5,7,9-13H2,1-4H3. The second kappa shape index (κ2) is 9.31. The van der Waals surface area contributed by atoms with Gasteiger partial charge in [0, 0.05) is 46.7 Å². The third kappa shape index (κ3) is 5.03. The Bertz CT molecular complexity index is 625. The van der Waals surface area contributed by atoms with Crippen LogP contribution in [0.25, 0.3) is 0 Å². The van der Waals surface area contributed by atoms with Gasteiger partial charge in [0.2, 0.25) is 5.91 Å². The van der Waals surface area contributed by atoms with Crippen molar-refractivity contribution < 1.29 is 19.1 Å². The van der Waals surface area contributed by atoms with Gasteiger partial charge in [-0.15, -0.1) is 0 Å². The van der Waals surface area contributed by atoms with Crippen molar-refractivity contribution in [1.82, 2.24) is 14.7 Å². The van der Waals surface area contributed by atoms with E-state index in [0.29, 0.717) is 57.1 Å². The lowest BCUT2D eigenvalue weighted by Gasteiger charge is -2.36. The van der Waals surface area contributed by atoms with Crippen LogP contribution in [-0.2, 0) is 11.2 Å². The van der Waals surface area contributed by atoms with Gasteiger partial charge in [0.05, 0.1) is 13.7 Å². The number of carbonyl (C=O) groups is 2. The fourth-order valence-electron chi connectivity index (χ4n) is 2.98. The molecule has 0 bridgehead atoms. The Kier molecular flexibility index (Phi) is 7.12. The lowest BCUT2D eigenvalue weighted by Crippen LogP contribution is -2.52. The zero-order valence-electron chi connectivity index (χ0n) is 16.2. The lowest BCUT2D eigenvalue weighted by atomic mass is 10.1. The Labute approximate surface area is 155 Å². The van der Waals surface area contributed by atoms with Gasteiger partial charge in [0.25, 0.3) is 0 Å². The number of hydrogen-bond acceptors (Lipinski definition) is 4. The highest BCUT2D eigenvalue weighted by Gasteiger charge is 2.24. The molecule has 1 aliphatic rings.